The number of benzene rings is 1. The largest absolute Gasteiger partial charge is 0.306 e. The summed E-state index contributed by atoms with van der Waals surface area (Å²) in [5.74, 6) is 2.35. The fourth-order valence-electron chi connectivity index (χ4n) is 2.45. The Labute approximate surface area is 135 Å². The summed E-state index contributed by atoms with van der Waals surface area (Å²) in [5, 5.41) is 6.96. The standard InChI is InChI=1S/C17H22N2S2/c1-17(2,3)13-6-4-12(5-7-13)14-11-21-16(19-14)15-10-20-9-8-18-15/h4-7,11,15,18H,8-10H2,1-3H3. The quantitative estimate of drug-likeness (QED) is 0.883. The van der Waals surface area contributed by atoms with E-state index in [0.717, 1.165) is 18.0 Å². The zero-order valence-corrected chi connectivity index (χ0v) is 14.5. The molecule has 1 aromatic carbocycles. The van der Waals surface area contributed by atoms with Crippen LogP contribution in [0.15, 0.2) is 29.6 Å². The summed E-state index contributed by atoms with van der Waals surface area (Å²) < 4.78 is 0. The van der Waals surface area contributed by atoms with Crippen LogP contribution in [0.2, 0.25) is 0 Å². The van der Waals surface area contributed by atoms with Crippen LogP contribution in [0.25, 0.3) is 11.3 Å². The minimum absolute atomic E-state index is 0.203. The molecule has 1 aliphatic rings. The lowest BCUT2D eigenvalue weighted by molar-refractivity contribution is 0.590. The minimum atomic E-state index is 0.203. The van der Waals surface area contributed by atoms with E-state index in [4.69, 9.17) is 4.98 Å². The molecule has 1 unspecified atom stereocenters. The third-order valence-corrected chi connectivity index (χ3v) is 5.81. The number of hydrogen-bond acceptors (Lipinski definition) is 4. The molecule has 2 aromatic rings. The molecule has 0 aliphatic carbocycles. The average Bonchev–Trinajstić information content (AvgIpc) is 2.97. The van der Waals surface area contributed by atoms with Gasteiger partial charge in [0, 0.05) is 29.0 Å². The van der Waals surface area contributed by atoms with Gasteiger partial charge in [-0.2, -0.15) is 11.8 Å². The molecule has 1 aromatic heterocycles. The number of thiazole rings is 1. The number of thioether (sulfide) groups is 1. The summed E-state index contributed by atoms with van der Waals surface area (Å²) in [7, 11) is 0. The van der Waals surface area contributed by atoms with E-state index in [1.807, 2.05) is 11.8 Å². The molecule has 4 heteroatoms. The van der Waals surface area contributed by atoms with Gasteiger partial charge in [-0.25, -0.2) is 4.98 Å². The average molecular weight is 319 g/mol. The first-order valence-corrected chi connectivity index (χ1v) is 9.45. The monoisotopic (exact) mass is 318 g/mol. The zero-order valence-electron chi connectivity index (χ0n) is 12.8. The van der Waals surface area contributed by atoms with Crippen molar-refractivity contribution in [2.24, 2.45) is 0 Å². The lowest BCUT2D eigenvalue weighted by Gasteiger charge is -2.20. The molecule has 1 aliphatic heterocycles. The Morgan fingerprint density at radius 3 is 2.57 bits per heavy atom. The highest BCUT2D eigenvalue weighted by molar-refractivity contribution is 7.99. The van der Waals surface area contributed by atoms with E-state index < -0.39 is 0 Å². The van der Waals surface area contributed by atoms with Crippen LogP contribution in [0.5, 0.6) is 0 Å². The van der Waals surface area contributed by atoms with Gasteiger partial charge in [-0.1, -0.05) is 45.0 Å². The predicted octanol–water partition coefficient (Wildman–Crippen LogP) is 4.49. The van der Waals surface area contributed by atoms with E-state index in [-0.39, 0.29) is 5.41 Å². The number of aromatic nitrogens is 1. The molecule has 2 heterocycles. The summed E-state index contributed by atoms with van der Waals surface area (Å²) in [4.78, 5) is 4.84. The molecule has 2 nitrogen and oxygen atoms in total. The van der Waals surface area contributed by atoms with Crippen molar-refractivity contribution in [1.29, 1.82) is 0 Å². The molecule has 1 atom stereocenters. The van der Waals surface area contributed by atoms with E-state index in [1.165, 1.54) is 21.9 Å². The van der Waals surface area contributed by atoms with Crippen molar-refractivity contribution in [2.45, 2.75) is 32.2 Å². The molecule has 3 rings (SSSR count). The van der Waals surface area contributed by atoms with E-state index in [2.05, 4.69) is 55.7 Å². The molecule has 1 N–H and O–H groups in total. The van der Waals surface area contributed by atoms with Crippen LogP contribution >= 0.6 is 23.1 Å². The highest BCUT2D eigenvalue weighted by atomic mass is 32.2. The summed E-state index contributed by atoms with van der Waals surface area (Å²) >= 11 is 3.79. The van der Waals surface area contributed by atoms with Crippen molar-refractivity contribution in [3.63, 3.8) is 0 Å². The second kappa shape index (κ2) is 6.11. The van der Waals surface area contributed by atoms with Gasteiger partial charge in [0.05, 0.1) is 11.7 Å². The van der Waals surface area contributed by atoms with Crippen LogP contribution in [0.1, 0.15) is 37.4 Å². The zero-order chi connectivity index (χ0) is 14.9. The Bertz CT molecular complexity index is 590. The van der Waals surface area contributed by atoms with Gasteiger partial charge >= 0.3 is 0 Å². The van der Waals surface area contributed by atoms with Gasteiger partial charge < -0.3 is 5.32 Å². The molecule has 1 fully saturated rings. The van der Waals surface area contributed by atoms with Crippen molar-refractivity contribution in [3.8, 4) is 11.3 Å². The second-order valence-corrected chi connectivity index (χ2v) is 8.52. The topological polar surface area (TPSA) is 24.9 Å². The SMILES string of the molecule is CC(C)(C)c1ccc(-c2csc(C3CSCCN3)n2)cc1. The van der Waals surface area contributed by atoms with Gasteiger partial charge in [0.15, 0.2) is 0 Å². The van der Waals surface area contributed by atoms with Crippen molar-refractivity contribution in [2.75, 3.05) is 18.1 Å². The highest BCUT2D eigenvalue weighted by Crippen LogP contribution is 2.30. The molecule has 0 saturated carbocycles. The number of nitrogens with zero attached hydrogens (tertiary/aromatic N) is 1. The Morgan fingerprint density at radius 1 is 1.19 bits per heavy atom. The Kier molecular flexibility index (Phi) is 4.38. The molecule has 0 amide bonds. The van der Waals surface area contributed by atoms with Crippen LogP contribution < -0.4 is 5.32 Å². The first-order valence-electron chi connectivity index (χ1n) is 7.41. The van der Waals surface area contributed by atoms with Crippen LogP contribution in [0, 0.1) is 0 Å². The van der Waals surface area contributed by atoms with Crippen LogP contribution in [-0.4, -0.2) is 23.0 Å². The fraction of sp³-hybridized carbons (Fsp3) is 0.471. The van der Waals surface area contributed by atoms with E-state index in [0.29, 0.717) is 6.04 Å². The summed E-state index contributed by atoms with van der Waals surface area (Å²) in [6, 6.07) is 9.27. The molecule has 0 radical (unpaired) electrons. The molecule has 0 bridgehead atoms. The molecular formula is C17H22N2S2. The second-order valence-electron chi connectivity index (χ2n) is 6.48. The van der Waals surface area contributed by atoms with Crippen molar-refractivity contribution in [1.82, 2.24) is 10.3 Å². The minimum Gasteiger partial charge on any atom is -0.306 e. The summed E-state index contributed by atoms with van der Waals surface area (Å²) in [5.41, 5.74) is 3.89. The van der Waals surface area contributed by atoms with E-state index in [9.17, 15) is 0 Å². The van der Waals surface area contributed by atoms with Crippen LogP contribution in [0.3, 0.4) is 0 Å². The Balaban J connectivity index is 1.79. The van der Waals surface area contributed by atoms with Gasteiger partial charge in [0.1, 0.15) is 5.01 Å². The van der Waals surface area contributed by atoms with Gasteiger partial charge in [0.25, 0.3) is 0 Å². The van der Waals surface area contributed by atoms with E-state index in [1.54, 1.807) is 11.3 Å². The van der Waals surface area contributed by atoms with Crippen molar-refractivity contribution >= 4 is 23.1 Å². The van der Waals surface area contributed by atoms with Crippen molar-refractivity contribution in [3.05, 3.63) is 40.2 Å². The Morgan fingerprint density at radius 2 is 1.95 bits per heavy atom. The highest BCUT2D eigenvalue weighted by Gasteiger charge is 2.19. The summed E-state index contributed by atoms with van der Waals surface area (Å²) in [6.45, 7) is 7.82. The van der Waals surface area contributed by atoms with Gasteiger partial charge in [-0.15, -0.1) is 11.3 Å². The normalized spacial score (nSPS) is 19.7. The number of nitrogens with one attached hydrogen (secondary N) is 1. The maximum absolute atomic E-state index is 4.84. The third kappa shape index (κ3) is 3.50. The molecular weight excluding hydrogens is 296 g/mol. The smallest absolute Gasteiger partial charge is 0.111 e. The lowest BCUT2D eigenvalue weighted by Crippen LogP contribution is -2.30. The lowest BCUT2D eigenvalue weighted by atomic mass is 9.86. The van der Waals surface area contributed by atoms with E-state index >= 15 is 0 Å². The number of rotatable bonds is 2. The first kappa shape index (κ1) is 15.1. The van der Waals surface area contributed by atoms with Gasteiger partial charge in [0.2, 0.25) is 0 Å². The summed E-state index contributed by atoms with van der Waals surface area (Å²) in [6.07, 6.45) is 0. The van der Waals surface area contributed by atoms with Crippen LogP contribution in [-0.2, 0) is 5.41 Å². The third-order valence-electron chi connectivity index (χ3n) is 3.79. The Hall–Kier alpha value is -0.840. The molecule has 21 heavy (non-hydrogen) atoms. The maximum Gasteiger partial charge on any atom is 0.111 e. The molecule has 0 spiro atoms. The van der Waals surface area contributed by atoms with Gasteiger partial charge in [-0.3, -0.25) is 0 Å². The molecule has 112 valence electrons. The molecule has 1 saturated heterocycles. The first-order chi connectivity index (χ1) is 10.0. The number of hydrogen-bond donors (Lipinski definition) is 1. The maximum atomic E-state index is 4.84. The fourth-order valence-corrected chi connectivity index (χ4v) is 4.39. The van der Waals surface area contributed by atoms with Crippen LogP contribution in [0.4, 0.5) is 0 Å². The van der Waals surface area contributed by atoms with Gasteiger partial charge in [-0.05, 0) is 11.0 Å². The predicted molar refractivity (Wildman–Crippen MR) is 94.3 cm³/mol. The van der Waals surface area contributed by atoms with Crippen molar-refractivity contribution < 1.29 is 0 Å².